The van der Waals surface area contributed by atoms with Gasteiger partial charge in [0.25, 0.3) is 5.91 Å². The number of rotatable bonds is 7. The van der Waals surface area contributed by atoms with Gasteiger partial charge in [0, 0.05) is 30.5 Å². The average Bonchev–Trinajstić information content (AvgIpc) is 3.21. The van der Waals surface area contributed by atoms with Gasteiger partial charge >= 0.3 is 0 Å². The van der Waals surface area contributed by atoms with Crippen LogP contribution in [0.3, 0.4) is 0 Å². The van der Waals surface area contributed by atoms with E-state index >= 15 is 0 Å². The predicted molar refractivity (Wildman–Crippen MR) is 124 cm³/mol. The Labute approximate surface area is 179 Å². The van der Waals surface area contributed by atoms with E-state index < -0.39 is 0 Å². The second-order valence-electron chi connectivity index (χ2n) is 8.64. The number of aromatic amines is 1. The van der Waals surface area contributed by atoms with Gasteiger partial charge in [0.05, 0.1) is 0 Å². The van der Waals surface area contributed by atoms with Crippen LogP contribution in [0.5, 0.6) is 0 Å². The predicted octanol–water partition coefficient (Wildman–Crippen LogP) is 4.89. The highest BCUT2D eigenvalue weighted by molar-refractivity contribution is 5.98. The zero-order valence-corrected chi connectivity index (χ0v) is 18.2. The van der Waals surface area contributed by atoms with E-state index in [-0.39, 0.29) is 5.91 Å². The van der Waals surface area contributed by atoms with Crippen molar-refractivity contribution >= 4 is 16.8 Å². The number of piperidine rings is 1. The van der Waals surface area contributed by atoms with Gasteiger partial charge in [-0.3, -0.25) is 4.79 Å². The van der Waals surface area contributed by atoms with Gasteiger partial charge in [0.2, 0.25) is 0 Å². The molecular formula is C26H33N3O. The lowest BCUT2D eigenvalue weighted by Gasteiger charge is -2.34. The molecule has 4 nitrogen and oxygen atoms in total. The maximum atomic E-state index is 13.1. The summed E-state index contributed by atoms with van der Waals surface area (Å²) in [6, 6.07) is 18.9. The summed E-state index contributed by atoms with van der Waals surface area (Å²) in [4.78, 5) is 20.9. The van der Waals surface area contributed by atoms with Crippen molar-refractivity contribution in [2.75, 3.05) is 32.7 Å². The highest BCUT2D eigenvalue weighted by Gasteiger charge is 2.24. The van der Waals surface area contributed by atoms with E-state index in [0.29, 0.717) is 11.6 Å². The maximum Gasteiger partial charge on any atom is 0.270 e. The van der Waals surface area contributed by atoms with Gasteiger partial charge < -0.3 is 14.8 Å². The molecule has 1 fully saturated rings. The number of amides is 1. The van der Waals surface area contributed by atoms with Gasteiger partial charge in [0.1, 0.15) is 5.69 Å². The third-order valence-corrected chi connectivity index (χ3v) is 6.41. The van der Waals surface area contributed by atoms with E-state index in [1.165, 1.54) is 24.0 Å². The van der Waals surface area contributed by atoms with E-state index in [1.807, 2.05) is 35.2 Å². The number of hydrogen-bond donors (Lipinski definition) is 1. The number of H-pyrrole nitrogens is 1. The first kappa shape index (κ1) is 20.7. The molecule has 0 spiro atoms. The number of para-hydroxylation sites is 1. The fourth-order valence-corrected chi connectivity index (χ4v) is 4.57. The molecule has 3 aromatic rings. The Morgan fingerprint density at radius 2 is 1.90 bits per heavy atom. The molecule has 1 aromatic heterocycles. The molecule has 1 aliphatic heterocycles. The normalized spacial score (nSPS) is 15.5. The summed E-state index contributed by atoms with van der Waals surface area (Å²) in [5.41, 5.74) is 4.50. The quantitative estimate of drug-likeness (QED) is 0.610. The van der Waals surface area contributed by atoms with E-state index in [9.17, 15) is 4.79 Å². The molecule has 0 radical (unpaired) electrons. The molecule has 1 amide bonds. The Hall–Kier alpha value is -2.59. The van der Waals surface area contributed by atoms with Gasteiger partial charge in [-0.05, 0) is 69.8 Å². The molecule has 4 heteroatoms. The summed E-state index contributed by atoms with van der Waals surface area (Å²) in [6.07, 6.45) is 3.46. The zero-order chi connectivity index (χ0) is 20.9. The van der Waals surface area contributed by atoms with Crippen LogP contribution >= 0.6 is 0 Å². The van der Waals surface area contributed by atoms with Gasteiger partial charge in [-0.25, -0.2) is 0 Å². The summed E-state index contributed by atoms with van der Waals surface area (Å²) >= 11 is 0. The molecule has 1 aliphatic rings. The molecule has 4 rings (SSSR count). The lowest BCUT2D eigenvalue weighted by molar-refractivity contribution is 0.0697. The number of hydrogen-bond acceptors (Lipinski definition) is 2. The van der Waals surface area contributed by atoms with Gasteiger partial charge in [-0.15, -0.1) is 0 Å². The fourth-order valence-electron chi connectivity index (χ4n) is 4.57. The molecule has 0 aliphatic carbocycles. The van der Waals surface area contributed by atoms with Crippen LogP contribution in [-0.2, 0) is 6.42 Å². The Bertz CT molecular complexity index is 952. The zero-order valence-electron chi connectivity index (χ0n) is 18.2. The molecule has 1 N–H and O–H groups in total. The minimum atomic E-state index is 0.121. The number of aromatic nitrogens is 1. The molecule has 0 saturated carbocycles. The maximum absolute atomic E-state index is 13.1. The highest BCUT2D eigenvalue weighted by atomic mass is 16.2. The molecule has 158 valence electrons. The SMILES string of the molecule is CCN(CC1CCN(CCc2cccc(C)c2)CC1)C(=O)c1cc2ccccc2[nH]1. The lowest BCUT2D eigenvalue weighted by atomic mass is 9.95. The average molecular weight is 404 g/mol. The lowest BCUT2D eigenvalue weighted by Crippen LogP contribution is -2.41. The van der Waals surface area contributed by atoms with Crippen molar-refractivity contribution in [3.05, 3.63) is 71.4 Å². The third-order valence-electron chi connectivity index (χ3n) is 6.41. The van der Waals surface area contributed by atoms with Gasteiger partial charge in [-0.2, -0.15) is 0 Å². The number of carbonyl (C=O) groups is 1. The molecule has 0 bridgehead atoms. The Morgan fingerprint density at radius 1 is 1.10 bits per heavy atom. The van der Waals surface area contributed by atoms with Crippen LogP contribution in [0.25, 0.3) is 10.9 Å². The Morgan fingerprint density at radius 3 is 2.63 bits per heavy atom. The van der Waals surface area contributed by atoms with E-state index in [0.717, 1.165) is 50.0 Å². The highest BCUT2D eigenvalue weighted by Crippen LogP contribution is 2.21. The van der Waals surface area contributed by atoms with Gasteiger partial charge in [-0.1, -0.05) is 48.0 Å². The number of fused-ring (bicyclic) bond motifs is 1. The van der Waals surface area contributed by atoms with Crippen LogP contribution in [0.15, 0.2) is 54.6 Å². The summed E-state index contributed by atoms with van der Waals surface area (Å²) < 4.78 is 0. The Kier molecular flexibility index (Phi) is 6.53. The molecule has 0 unspecified atom stereocenters. The molecule has 0 atom stereocenters. The van der Waals surface area contributed by atoms with Crippen LogP contribution in [-0.4, -0.2) is 53.4 Å². The van der Waals surface area contributed by atoms with Crippen molar-refractivity contribution in [1.82, 2.24) is 14.8 Å². The molecule has 2 aromatic carbocycles. The number of nitrogens with one attached hydrogen (secondary N) is 1. The van der Waals surface area contributed by atoms with Crippen LogP contribution in [0.2, 0.25) is 0 Å². The number of carbonyl (C=O) groups excluding carboxylic acids is 1. The largest absolute Gasteiger partial charge is 0.351 e. The number of nitrogens with zero attached hydrogens (tertiary/aromatic N) is 2. The third kappa shape index (κ3) is 4.93. The molecule has 30 heavy (non-hydrogen) atoms. The van der Waals surface area contributed by atoms with E-state index in [1.54, 1.807) is 0 Å². The number of likely N-dealkylation sites (tertiary alicyclic amines) is 1. The molecule has 1 saturated heterocycles. The standard InChI is InChI=1S/C26H33N3O/c1-3-29(26(30)25-18-23-9-4-5-10-24(23)27-25)19-22-12-15-28(16-13-22)14-11-21-8-6-7-20(2)17-21/h4-10,17-18,22,27H,3,11-16,19H2,1-2H3. The van der Waals surface area contributed by atoms with E-state index in [2.05, 4.69) is 48.0 Å². The van der Waals surface area contributed by atoms with Crippen LogP contribution in [0, 0.1) is 12.8 Å². The monoisotopic (exact) mass is 403 g/mol. The summed E-state index contributed by atoms with van der Waals surface area (Å²) in [5.74, 6) is 0.712. The van der Waals surface area contributed by atoms with Crippen molar-refractivity contribution in [1.29, 1.82) is 0 Å². The van der Waals surface area contributed by atoms with Crippen molar-refractivity contribution < 1.29 is 4.79 Å². The smallest absolute Gasteiger partial charge is 0.270 e. The first-order valence-corrected chi connectivity index (χ1v) is 11.3. The summed E-state index contributed by atoms with van der Waals surface area (Å²) in [5, 5.41) is 1.10. The topological polar surface area (TPSA) is 39.3 Å². The second kappa shape index (κ2) is 9.48. The minimum Gasteiger partial charge on any atom is -0.351 e. The Balaban J connectivity index is 1.28. The number of aryl methyl sites for hydroxylation is 1. The summed E-state index contributed by atoms with van der Waals surface area (Å²) in [7, 11) is 0. The first-order valence-electron chi connectivity index (χ1n) is 11.3. The van der Waals surface area contributed by atoms with Crippen molar-refractivity contribution in [3.63, 3.8) is 0 Å². The van der Waals surface area contributed by atoms with Crippen molar-refractivity contribution in [2.24, 2.45) is 5.92 Å². The van der Waals surface area contributed by atoms with Crippen molar-refractivity contribution in [2.45, 2.75) is 33.1 Å². The number of benzene rings is 2. The van der Waals surface area contributed by atoms with Crippen LogP contribution in [0.4, 0.5) is 0 Å². The van der Waals surface area contributed by atoms with Crippen LogP contribution < -0.4 is 0 Å². The molecular weight excluding hydrogens is 370 g/mol. The van der Waals surface area contributed by atoms with Crippen molar-refractivity contribution in [3.8, 4) is 0 Å². The van der Waals surface area contributed by atoms with Gasteiger partial charge in [0.15, 0.2) is 0 Å². The second-order valence-corrected chi connectivity index (χ2v) is 8.64. The summed E-state index contributed by atoms with van der Waals surface area (Å²) in [6.45, 7) is 9.24. The minimum absolute atomic E-state index is 0.121. The molecule has 2 heterocycles. The fraction of sp³-hybridized carbons (Fsp3) is 0.423. The van der Waals surface area contributed by atoms with E-state index in [4.69, 9.17) is 0 Å². The first-order chi connectivity index (χ1) is 14.6. The van der Waals surface area contributed by atoms with Crippen LogP contribution in [0.1, 0.15) is 41.4 Å².